The van der Waals surface area contributed by atoms with Crippen LogP contribution in [0.3, 0.4) is 0 Å². The molecule has 8 aromatic heterocycles. The molecule has 2 aliphatic heterocycles. The fourth-order valence-corrected chi connectivity index (χ4v) is 8.55. The Morgan fingerprint density at radius 2 is 1.15 bits per heavy atom. The molecule has 2 saturated heterocycles. The van der Waals surface area contributed by atoms with Crippen LogP contribution in [0, 0.1) is 13.8 Å². The Kier molecular flexibility index (Phi) is 10.4. The molecule has 60 heavy (non-hydrogen) atoms. The van der Waals surface area contributed by atoms with Crippen molar-refractivity contribution in [3.8, 4) is 22.5 Å². The molecule has 3 N–H and O–H groups in total. The second kappa shape index (κ2) is 16.0. The fraction of sp³-hybridized carbons (Fsp3) is 0.333. The van der Waals surface area contributed by atoms with Gasteiger partial charge < -0.3 is 34.3 Å². The number of rotatable bonds is 6. The monoisotopic (exact) mass is 806 g/mol. The van der Waals surface area contributed by atoms with E-state index < -0.39 is 0 Å². The maximum Gasteiger partial charge on any atom is 0.258 e. The number of aromatic nitrogens is 8. The van der Waals surface area contributed by atoms with Crippen LogP contribution in [0.4, 0.5) is 11.4 Å². The van der Waals surface area contributed by atoms with E-state index in [-0.39, 0.29) is 17.7 Å². The Bertz CT molecular complexity index is 3000. The summed E-state index contributed by atoms with van der Waals surface area (Å²) in [6, 6.07) is 15.8. The molecule has 0 aliphatic carbocycles. The number of anilines is 2. The lowest BCUT2D eigenvalue weighted by Gasteiger charge is -2.37. The van der Waals surface area contributed by atoms with Gasteiger partial charge >= 0.3 is 0 Å². The number of hydrogen-bond donors (Lipinski definition) is 3. The minimum atomic E-state index is -0.131. The van der Waals surface area contributed by atoms with Crippen molar-refractivity contribution in [1.29, 1.82) is 0 Å². The summed E-state index contributed by atoms with van der Waals surface area (Å²) in [7, 11) is 0. The lowest BCUT2D eigenvalue weighted by Crippen LogP contribution is -2.54. The van der Waals surface area contributed by atoms with Crippen molar-refractivity contribution in [2.75, 3.05) is 49.1 Å². The fourth-order valence-electron chi connectivity index (χ4n) is 8.55. The predicted octanol–water partition coefficient (Wildman–Crippen LogP) is 4.29. The zero-order valence-corrected chi connectivity index (χ0v) is 34.6. The van der Waals surface area contributed by atoms with Gasteiger partial charge in [-0.3, -0.25) is 18.4 Å². The van der Waals surface area contributed by atoms with Crippen LogP contribution in [0.25, 0.3) is 45.1 Å². The molecule has 10 heterocycles. The SMILES string of the molecule is CCc1cc(-c2cc(=O)n3cc(N4C[C@@H](C)N[C@@H](C)C4)ccc3n2)cn2cc(C)nc12.Cc1cn2cc(-c3cc(=O)n4cc(N5CCNCC5)ccc4n3)cc(CO)c2n1. The summed E-state index contributed by atoms with van der Waals surface area (Å²) in [6.45, 7) is 15.8. The van der Waals surface area contributed by atoms with Crippen molar-refractivity contribution < 1.29 is 5.11 Å². The smallest absolute Gasteiger partial charge is 0.258 e. The molecular weight excluding hydrogens is 757 g/mol. The molecule has 2 fully saturated rings. The number of fused-ring (bicyclic) bond motifs is 4. The number of aliphatic hydroxyl groups is 1. The van der Waals surface area contributed by atoms with E-state index in [9.17, 15) is 14.7 Å². The molecule has 0 spiro atoms. The van der Waals surface area contributed by atoms with E-state index in [1.54, 1.807) is 20.9 Å². The summed E-state index contributed by atoms with van der Waals surface area (Å²) in [6.07, 6.45) is 12.4. The van der Waals surface area contributed by atoms with E-state index in [0.29, 0.717) is 46.0 Å². The Morgan fingerprint density at radius 3 is 1.67 bits per heavy atom. The summed E-state index contributed by atoms with van der Waals surface area (Å²) < 4.78 is 7.14. The Labute approximate surface area is 346 Å². The predicted molar refractivity (Wildman–Crippen MR) is 235 cm³/mol. The first-order valence-electron chi connectivity index (χ1n) is 20.6. The molecule has 0 saturated carbocycles. The number of nitrogens with one attached hydrogen (secondary N) is 2. The quantitative estimate of drug-likeness (QED) is 0.221. The van der Waals surface area contributed by atoms with Crippen molar-refractivity contribution in [3.05, 3.63) is 129 Å². The molecule has 0 unspecified atom stereocenters. The van der Waals surface area contributed by atoms with Crippen LogP contribution < -0.4 is 31.6 Å². The normalized spacial score (nSPS) is 17.2. The van der Waals surface area contributed by atoms with Crippen LogP contribution in [-0.4, -0.2) is 94.0 Å². The van der Waals surface area contributed by atoms with Crippen LogP contribution in [0.2, 0.25) is 0 Å². The number of imidazole rings is 2. The Balaban J connectivity index is 0.000000154. The average molecular weight is 807 g/mol. The number of hydrogen-bond acceptors (Lipinski definition) is 11. The van der Waals surface area contributed by atoms with Gasteiger partial charge in [-0.1, -0.05) is 6.92 Å². The van der Waals surface area contributed by atoms with Crippen molar-refractivity contribution in [2.45, 2.75) is 59.7 Å². The highest BCUT2D eigenvalue weighted by atomic mass is 16.3. The van der Waals surface area contributed by atoms with Crippen LogP contribution in [0.15, 0.2) is 95.3 Å². The van der Waals surface area contributed by atoms with Gasteiger partial charge in [-0.25, -0.2) is 19.9 Å². The second-order valence-electron chi connectivity index (χ2n) is 16.0. The van der Waals surface area contributed by atoms with Gasteiger partial charge in [0.15, 0.2) is 0 Å². The van der Waals surface area contributed by atoms with Crippen LogP contribution >= 0.6 is 0 Å². The molecule has 0 radical (unpaired) electrons. The van der Waals surface area contributed by atoms with Gasteiger partial charge in [-0.15, -0.1) is 0 Å². The maximum absolute atomic E-state index is 13.0. The maximum atomic E-state index is 13.0. The van der Waals surface area contributed by atoms with Crippen LogP contribution in [0.1, 0.15) is 43.3 Å². The zero-order chi connectivity index (χ0) is 41.7. The topological polar surface area (TPSA) is 154 Å². The minimum absolute atomic E-state index is 0.0713. The van der Waals surface area contributed by atoms with Crippen LogP contribution in [0.5, 0.6) is 0 Å². The highest BCUT2D eigenvalue weighted by Gasteiger charge is 2.22. The number of aryl methyl sites for hydroxylation is 3. The Hall–Kier alpha value is -6.42. The molecule has 15 nitrogen and oxygen atoms in total. The summed E-state index contributed by atoms with van der Waals surface area (Å²) >= 11 is 0. The van der Waals surface area contributed by atoms with Crippen LogP contribution in [-0.2, 0) is 13.0 Å². The minimum Gasteiger partial charge on any atom is -0.392 e. The van der Waals surface area contributed by atoms with Gasteiger partial charge in [0.25, 0.3) is 11.1 Å². The molecule has 8 aromatic rings. The molecule has 0 bridgehead atoms. The van der Waals surface area contributed by atoms with Gasteiger partial charge in [0.2, 0.25) is 0 Å². The third kappa shape index (κ3) is 7.62. The molecule has 2 atom stereocenters. The van der Waals surface area contributed by atoms with E-state index in [2.05, 4.69) is 63.3 Å². The Morgan fingerprint density at radius 1 is 0.650 bits per heavy atom. The van der Waals surface area contributed by atoms with Gasteiger partial charge in [0.05, 0.1) is 40.8 Å². The molecule has 15 heteroatoms. The second-order valence-corrected chi connectivity index (χ2v) is 16.0. The highest BCUT2D eigenvalue weighted by molar-refractivity contribution is 5.68. The number of piperazine rings is 2. The third-order valence-electron chi connectivity index (χ3n) is 11.3. The lowest BCUT2D eigenvalue weighted by molar-refractivity contribution is 0.282. The highest BCUT2D eigenvalue weighted by Crippen LogP contribution is 2.25. The van der Waals surface area contributed by atoms with E-state index in [1.807, 2.05) is 84.1 Å². The van der Waals surface area contributed by atoms with Gasteiger partial charge in [-0.2, -0.15) is 0 Å². The van der Waals surface area contributed by atoms with Gasteiger partial charge in [-0.05, 0) is 76.1 Å². The molecule has 0 amide bonds. The first-order valence-corrected chi connectivity index (χ1v) is 20.6. The van der Waals surface area contributed by atoms with Gasteiger partial charge in [0.1, 0.15) is 22.6 Å². The standard InChI is InChI=1S/C24H28N6O.C21H22N6O2/c1-5-18-8-19(13-29-12-17(4)26-24(18)29)21-9-23(31)30-14-20(6-7-22(30)27-21)28-10-15(2)25-16(3)11-28;1-14-10-26-11-15(8-16(13-28)21(26)23-14)18-9-20(29)27-12-17(2-3-19(27)24-18)25-6-4-22-5-7-25/h6-9,12-16,25H,5,10-11H2,1-4H3;2-3,8-12,22,28H,4-7,13H2,1H3/t15-,16+;. The van der Waals surface area contributed by atoms with Crippen molar-refractivity contribution in [1.82, 2.24) is 48.2 Å². The number of pyridine rings is 4. The number of nitrogens with zero attached hydrogens (tertiary/aromatic N) is 10. The average Bonchev–Trinajstić information content (AvgIpc) is 3.83. The molecule has 0 aromatic carbocycles. The van der Waals surface area contributed by atoms with E-state index in [4.69, 9.17) is 9.97 Å². The van der Waals surface area contributed by atoms with Gasteiger partial charge in [0, 0.05) is 117 Å². The molecule has 308 valence electrons. The lowest BCUT2D eigenvalue weighted by atomic mass is 10.1. The summed E-state index contributed by atoms with van der Waals surface area (Å²) in [4.78, 5) is 49.1. The summed E-state index contributed by atoms with van der Waals surface area (Å²) in [5.74, 6) is 0. The van der Waals surface area contributed by atoms with E-state index in [0.717, 1.165) is 90.8 Å². The van der Waals surface area contributed by atoms with E-state index >= 15 is 0 Å². The molecule has 10 rings (SSSR count). The molecule has 2 aliphatic rings. The zero-order valence-electron chi connectivity index (χ0n) is 34.6. The summed E-state index contributed by atoms with van der Waals surface area (Å²) in [5, 5.41) is 16.6. The van der Waals surface area contributed by atoms with Crippen molar-refractivity contribution in [3.63, 3.8) is 0 Å². The van der Waals surface area contributed by atoms with Crippen molar-refractivity contribution >= 4 is 34.0 Å². The first-order chi connectivity index (χ1) is 29.0. The molecular formula is C45H50N12O3. The largest absolute Gasteiger partial charge is 0.392 e. The third-order valence-corrected chi connectivity index (χ3v) is 11.3. The first kappa shape index (κ1) is 39.1. The summed E-state index contributed by atoms with van der Waals surface area (Å²) in [5.41, 5.74) is 11.4. The van der Waals surface area contributed by atoms with Crippen molar-refractivity contribution in [2.24, 2.45) is 0 Å². The number of aliphatic hydroxyl groups excluding tert-OH is 1. The van der Waals surface area contributed by atoms with E-state index in [1.165, 1.54) is 0 Å².